The Balaban J connectivity index is 1.86. The third-order valence-corrected chi connectivity index (χ3v) is 2.96. The zero-order valence-corrected chi connectivity index (χ0v) is 9.35. The minimum atomic E-state index is -0.944. The fraction of sp³-hybridized carbons (Fsp3) is 0.800. The van der Waals surface area contributed by atoms with Crippen LogP contribution in [0.5, 0.6) is 0 Å². The number of carboxylic acids is 1. The van der Waals surface area contributed by atoms with E-state index in [2.05, 4.69) is 10.6 Å². The van der Waals surface area contributed by atoms with E-state index in [1.807, 2.05) is 0 Å². The van der Waals surface area contributed by atoms with Crippen LogP contribution < -0.4 is 10.6 Å². The number of ether oxygens (including phenoxy) is 2. The molecule has 7 heteroatoms. The molecule has 0 aromatic rings. The predicted octanol–water partition coefficient (Wildman–Crippen LogP) is -1.81. The van der Waals surface area contributed by atoms with Gasteiger partial charge in [0.2, 0.25) is 5.91 Å². The van der Waals surface area contributed by atoms with Gasteiger partial charge in [0.15, 0.2) is 0 Å². The van der Waals surface area contributed by atoms with E-state index in [4.69, 9.17) is 14.6 Å². The molecule has 7 nitrogen and oxygen atoms in total. The van der Waals surface area contributed by atoms with Gasteiger partial charge in [-0.1, -0.05) is 0 Å². The number of hydrogen-bond acceptors (Lipinski definition) is 5. The first-order valence-corrected chi connectivity index (χ1v) is 5.60. The van der Waals surface area contributed by atoms with Crippen LogP contribution in [-0.4, -0.2) is 62.0 Å². The molecule has 0 radical (unpaired) electrons. The molecule has 3 unspecified atom stereocenters. The molecule has 2 heterocycles. The maximum atomic E-state index is 11.8. The highest BCUT2D eigenvalue weighted by Gasteiger charge is 2.36. The fourth-order valence-corrected chi connectivity index (χ4v) is 1.96. The van der Waals surface area contributed by atoms with E-state index < -0.39 is 24.0 Å². The molecule has 1 amide bonds. The summed E-state index contributed by atoms with van der Waals surface area (Å²) >= 11 is 0. The van der Waals surface area contributed by atoms with Crippen molar-refractivity contribution in [2.75, 3.05) is 33.0 Å². The van der Waals surface area contributed by atoms with Crippen LogP contribution in [0.2, 0.25) is 0 Å². The molecule has 3 atom stereocenters. The van der Waals surface area contributed by atoms with Crippen molar-refractivity contribution in [3.63, 3.8) is 0 Å². The van der Waals surface area contributed by atoms with Crippen LogP contribution in [-0.2, 0) is 19.1 Å². The van der Waals surface area contributed by atoms with Gasteiger partial charge in [0.1, 0.15) is 12.0 Å². The molecular formula is C10H16N2O5. The molecule has 0 aromatic heterocycles. The minimum absolute atomic E-state index is 0.148. The third kappa shape index (κ3) is 2.93. The number of morpholine rings is 1. The summed E-state index contributed by atoms with van der Waals surface area (Å²) < 4.78 is 10.2. The third-order valence-electron chi connectivity index (χ3n) is 2.96. The maximum absolute atomic E-state index is 11.8. The van der Waals surface area contributed by atoms with Crippen LogP contribution in [0.25, 0.3) is 0 Å². The Hall–Kier alpha value is -1.18. The Morgan fingerprint density at radius 3 is 2.71 bits per heavy atom. The maximum Gasteiger partial charge on any atom is 0.311 e. The van der Waals surface area contributed by atoms with Crippen molar-refractivity contribution in [3.05, 3.63) is 0 Å². The summed E-state index contributed by atoms with van der Waals surface area (Å²) in [5.41, 5.74) is 0. The van der Waals surface area contributed by atoms with E-state index >= 15 is 0 Å². The number of aliphatic carboxylic acids is 1. The Kier molecular flexibility index (Phi) is 3.93. The molecule has 0 aliphatic carbocycles. The summed E-state index contributed by atoms with van der Waals surface area (Å²) in [5.74, 6) is -1.84. The number of carbonyl (C=O) groups excluding carboxylic acids is 1. The van der Waals surface area contributed by atoms with Gasteiger partial charge in [0.05, 0.1) is 32.5 Å². The van der Waals surface area contributed by atoms with Crippen molar-refractivity contribution in [3.8, 4) is 0 Å². The van der Waals surface area contributed by atoms with Crippen molar-refractivity contribution < 1.29 is 24.2 Å². The van der Waals surface area contributed by atoms with E-state index in [0.717, 1.165) is 0 Å². The Bertz CT molecular complexity index is 303. The van der Waals surface area contributed by atoms with Crippen LogP contribution in [0.1, 0.15) is 0 Å². The lowest BCUT2D eigenvalue weighted by Gasteiger charge is -2.25. The second kappa shape index (κ2) is 5.44. The van der Waals surface area contributed by atoms with Gasteiger partial charge in [-0.05, 0) is 0 Å². The van der Waals surface area contributed by atoms with Gasteiger partial charge >= 0.3 is 5.97 Å². The van der Waals surface area contributed by atoms with Gasteiger partial charge in [0, 0.05) is 6.54 Å². The molecule has 96 valence electrons. The summed E-state index contributed by atoms with van der Waals surface area (Å²) in [6.45, 7) is 1.93. The van der Waals surface area contributed by atoms with Crippen LogP contribution in [0.15, 0.2) is 0 Å². The van der Waals surface area contributed by atoms with Crippen molar-refractivity contribution in [2.24, 2.45) is 5.92 Å². The van der Waals surface area contributed by atoms with Crippen LogP contribution >= 0.6 is 0 Å². The lowest BCUT2D eigenvalue weighted by Crippen LogP contribution is -2.55. The summed E-state index contributed by atoms with van der Waals surface area (Å²) in [4.78, 5) is 22.7. The Morgan fingerprint density at radius 1 is 1.24 bits per heavy atom. The van der Waals surface area contributed by atoms with E-state index in [1.54, 1.807) is 0 Å². The highest BCUT2D eigenvalue weighted by Crippen LogP contribution is 2.14. The van der Waals surface area contributed by atoms with Gasteiger partial charge in [0.25, 0.3) is 0 Å². The first-order chi connectivity index (χ1) is 8.18. The SMILES string of the molecule is O=C(NC1COCC1C(=O)O)C1COCCN1. The minimum Gasteiger partial charge on any atom is -0.481 e. The average Bonchev–Trinajstić information content (AvgIpc) is 2.78. The first-order valence-electron chi connectivity index (χ1n) is 5.60. The normalized spacial score (nSPS) is 33.3. The molecule has 2 rings (SSSR count). The van der Waals surface area contributed by atoms with Gasteiger partial charge < -0.3 is 25.2 Å². The zero-order chi connectivity index (χ0) is 12.3. The van der Waals surface area contributed by atoms with E-state index in [1.165, 1.54) is 0 Å². The molecule has 0 aromatic carbocycles. The van der Waals surface area contributed by atoms with Gasteiger partial charge in [-0.15, -0.1) is 0 Å². The molecule has 17 heavy (non-hydrogen) atoms. The number of nitrogens with one attached hydrogen (secondary N) is 2. The summed E-state index contributed by atoms with van der Waals surface area (Å²) in [6.07, 6.45) is 0. The topological polar surface area (TPSA) is 96.9 Å². The molecule has 0 spiro atoms. The summed E-state index contributed by atoms with van der Waals surface area (Å²) in [6, 6.07) is -0.859. The van der Waals surface area contributed by atoms with Crippen molar-refractivity contribution >= 4 is 11.9 Å². The number of amides is 1. The molecular weight excluding hydrogens is 228 g/mol. The van der Waals surface area contributed by atoms with Crippen LogP contribution in [0.3, 0.4) is 0 Å². The summed E-state index contributed by atoms with van der Waals surface area (Å²) in [5, 5.41) is 14.6. The predicted molar refractivity (Wildman–Crippen MR) is 56.5 cm³/mol. The Labute approximate surface area is 98.5 Å². The van der Waals surface area contributed by atoms with Gasteiger partial charge in [-0.3, -0.25) is 9.59 Å². The van der Waals surface area contributed by atoms with Gasteiger partial charge in [-0.2, -0.15) is 0 Å². The largest absolute Gasteiger partial charge is 0.481 e. The zero-order valence-electron chi connectivity index (χ0n) is 9.35. The Morgan fingerprint density at radius 2 is 2.06 bits per heavy atom. The van der Waals surface area contributed by atoms with E-state index in [9.17, 15) is 9.59 Å². The van der Waals surface area contributed by atoms with E-state index in [-0.39, 0.29) is 19.1 Å². The number of rotatable bonds is 3. The fourth-order valence-electron chi connectivity index (χ4n) is 1.96. The van der Waals surface area contributed by atoms with Crippen molar-refractivity contribution in [1.29, 1.82) is 0 Å². The lowest BCUT2D eigenvalue weighted by molar-refractivity contribution is -0.142. The monoisotopic (exact) mass is 244 g/mol. The van der Waals surface area contributed by atoms with Crippen molar-refractivity contribution in [1.82, 2.24) is 10.6 Å². The number of carboxylic acid groups (broad SMARTS) is 1. The first kappa shape index (κ1) is 12.3. The highest BCUT2D eigenvalue weighted by atomic mass is 16.5. The molecule has 2 aliphatic heterocycles. The second-order valence-electron chi connectivity index (χ2n) is 4.18. The molecule has 0 bridgehead atoms. The van der Waals surface area contributed by atoms with Gasteiger partial charge in [-0.25, -0.2) is 0 Å². The lowest BCUT2D eigenvalue weighted by atomic mass is 10.0. The molecule has 2 saturated heterocycles. The smallest absolute Gasteiger partial charge is 0.311 e. The quantitative estimate of drug-likeness (QED) is 0.541. The molecule has 2 fully saturated rings. The average molecular weight is 244 g/mol. The van der Waals surface area contributed by atoms with Crippen LogP contribution in [0, 0.1) is 5.92 Å². The molecule has 2 aliphatic rings. The highest BCUT2D eigenvalue weighted by molar-refractivity contribution is 5.83. The molecule has 3 N–H and O–H groups in total. The number of carbonyl (C=O) groups is 2. The second-order valence-corrected chi connectivity index (χ2v) is 4.18. The summed E-state index contributed by atoms with van der Waals surface area (Å²) in [7, 11) is 0. The van der Waals surface area contributed by atoms with Crippen LogP contribution in [0.4, 0.5) is 0 Å². The standard InChI is InChI=1S/C10H16N2O5/c13-9(8-5-16-2-1-11-8)12-7-4-17-3-6(7)10(14)15/h6-8,11H,1-5H2,(H,12,13)(H,14,15). The van der Waals surface area contributed by atoms with E-state index in [0.29, 0.717) is 19.8 Å². The number of hydrogen-bond donors (Lipinski definition) is 3. The molecule has 0 saturated carbocycles. The van der Waals surface area contributed by atoms with Crippen molar-refractivity contribution in [2.45, 2.75) is 12.1 Å².